The Morgan fingerprint density at radius 2 is 2.18 bits per heavy atom. The van der Waals surface area contributed by atoms with Gasteiger partial charge in [0.25, 0.3) is 0 Å². The van der Waals surface area contributed by atoms with E-state index in [1.807, 2.05) is 0 Å². The van der Waals surface area contributed by atoms with Gasteiger partial charge in [-0.2, -0.15) is 0 Å². The van der Waals surface area contributed by atoms with E-state index in [2.05, 4.69) is 48.0 Å². The Labute approximate surface area is 113 Å². The van der Waals surface area contributed by atoms with Gasteiger partial charge >= 0.3 is 0 Å². The van der Waals surface area contributed by atoms with Crippen LogP contribution in [0.3, 0.4) is 0 Å². The highest BCUT2D eigenvalue weighted by molar-refractivity contribution is 9.10. The molecule has 17 heavy (non-hydrogen) atoms. The quantitative estimate of drug-likeness (QED) is 0.830. The molecule has 1 aromatic rings. The Morgan fingerprint density at radius 3 is 2.76 bits per heavy atom. The second-order valence-corrected chi connectivity index (χ2v) is 5.39. The van der Waals surface area contributed by atoms with Gasteiger partial charge in [0.15, 0.2) is 0 Å². The van der Waals surface area contributed by atoms with E-state index >= 15 is 0 Å². The third-order valence-corrected chi connectivity index (χ3v) is 3.53. The van der Waals surface area contributed by atoms with Crippen LogP contribution in [0.1, 0.15) is 37.8 Å². The van der Waals surface area contributed by atoms with E-state index in [4.69, 9.17) is 10.5 Å². The van der Waals surface area contributed by atoms with Crippen LogP contribution >= 0.6 is 15.9 Å². The first kappa shape index (κ1) is 14.7. The van der Waals surface area contributed by atoms with Crippen LogP contribution < -0.4 is 5.73 Å². The van der Waals surface area contributed by atoms with Crippen molar-refractivity contribution in [3.63, 3.8) is 0 Å². The standard InChI is InChI=1S/C14H22BrNO/c1-3-4-11(2)9-17-10-13-6-5-12(8-16)7-14(13)15/h5-7,11H,3-4,8-10,16H2,1-2H3. The van der Waals surface area contributed by atoms with Crippen LogP contribution in [0.15, 0.2) is 22.7 Å². The molecule has 0 saturated carbocycles. The molecule has 3 heteroatoms. The molecule has 0 spiro atoms. The van der Waals surface area contributed by atoms with Crippen molar-refractivity contribution in [3.05, 3.63) is 33.8 Å². The maximum absolute atomic E-state index is 5.73. The number of rotatable bonds is 7. The van der Waals surface area contributed by atoms with Crippen LogP contribution in [0, 0.1) is 5.92 Å². The summed E-state index contributed by atoms with van der Waals surface area (Å²) in [5.74, 6) is 0.641. The van der Waals surface area contributed by atoms with Gasteiger partial charge in [0.05, 0.1) is 6.61 Å². The van der Waals surface area contributed by atoms with Gasteiger partial charge < -0.3 is 10.5 Å². The van der Waals surface area contributed by atoms with Crippen LogP contribution in [0.5, 0.6) is 0 Å². The van der Waals surface area contributed by atoms with Crippen molar-refractivity contribution in [2.24, 2.45) is 11.7 Å². The zero-order valence-corrected chi connectivity index (χ0v) is 12.3. The summed E-state index contributed by atoms with van der Waals surface area (Å²) in [5.41, 5.74) is 7.91. The Balaban J connectivity index is 2.41. The average Bonchev–Trinajstić information content (AvgIpc) is 2.31. The lowest BCUT2D eigenvalue weighted by Crippen LogP contribution is -2.06. The van der Waals surface area contributed by atoms with Crippen molar-refractivity contribution in [1.82, 2.24) is 0 Å². The van der Waals surface area contributed by atoms with Gasteiger partial charge in [-0.05, 0) is 29.5 Å². The molecule has 2 nitrogen and oxygen atoms in total. The number of ether oxygens (including phenoxy) is 1. The fourth-order valence-corrected chi connectivity index (χ4v) is 2.32. The van der Waals surface area contributed by atoms with Crippen molar-refractivity contribution >= 4 is 15.9 Å². The Kier molecular flexibility index (Phi) is 6.78. The molecule has 0 fully saturated rings. The average molecular weight is 300 g/mol. The number of benzene rings is 1. The Morgan fingerprint density at radius 1 is 1.41 bits per heavy atom. The molecular formula is C14H22BrNO. The van der Waals surface area contributed by atoms with E-state index in [1.54, 1.807) is 0 Å². The predicted molar refractivity (Wildman–Crippen MR) is 75.8 cm³/mol. The first-order valence-corrected chi connectivity index (χ1v) is 7.01. The summed E-state index contributed by atoms with van der Waals surface area (Å²) < 4.78 is 6.81. The lowest BCUT2D eigenvalue weighted by molar-refractivity contribution is 0.0890. The maximum atomic E-state index is 5.73. The molecule has 1 atom stereocenters. The van der Waals surface area contributed by atoms with Crippen molar-refractivity contribution in [3.8, 4) is 0 Å². The molecule has 0 saturated heterocycles. The second-order valence-electron chi connectivity index (χ2n) is 4.54. The summed E-state index contributed by atoms with van der Waals surface area (Å²) in [4.78, 5) is 0. The molecule has 96 valence electrons. The van der Waals surface area contributed by atoms with Crippen molar-refractivity contribution < 1.29 is 4.74 Å². The van der Waals surface area contributed by atoms with Gasteiger partial charge in [-0.15, -0.1) is 0 Å². The molecule has 1 aromatic carbocycles. The largest absolute Gasteiger partial charge is 0.376 e. The molecule has 0 aliphatic heterocycles. The molecule has 0 heterocycles. The topological polar surface area (TPSA) is 35.2 Å². The number of nitrogens with two attached hydrogens (primary N) is 1. The normalized spacial score (nSPS) is 12.7. The monoisotopic (exact) mass is 299 g/mol. The highest BCUT2D eigenvalue weighted by atomic mass is 79.9. The van der Waals surface area contributed by atoms with Crippen molar-refractivity contribution in [2.75, 3.05) is 6.61 Å². The van der Waals surface area contributed by atoms with Crippen LogP contribution in [-0.2, 0) is 17.9 Å². The van der Waals surface area contributed by atoms with E-state index in [9.17, 15) is 0 Å². The highest BCUT2D eigenvalue weighted by Gasteiger charge is 2.04. The Hall–Kier alpha value is -0.380. The molecule has 1 rings (SSSR count). The van der Waals surface area contributed by atoms with Gasteiger partial charge in [0.2, 0.25) is 0 Å². The van der Waals surface area contributed by atoms with Crippen LogP contribution in [-0.4, -0.2) is 6.61 Å². The second kappa shape index (κ2) is 7.85. The SMILES string of the molecule is CCCC(C)COCc1ccc(CN)cc1Br. The molecule has 2 N–H and O–H groups in total. The number of hydrogen-bond acceptors (Lipinski definition) is 2. The zero-order valence-electron chi connectivity index (χ0n) is 10.7. The zero-order chi connectivity index (χ0) is 12.7. The van der Waals surface area contributed by atoms with Gasteiger partial charge in [0, 0.05) is 17.6 Å². The van der Waals surface area contributed by atoms with E-state index in [1.165, 1.54) is 18.4 Å². The lowest BCUT2D eigenvalue weighted by Gasteiger charge is -2.12. The fourth-order valence-electron chi connectivity index (χ4n) is 1.78. The summed E-state index contributed by atoms with van der Waals surface area (Å²) in [5, 5.41) is 0. The van der Waals surface area contributed by atoms with E-state index < -0.39 is 0 Å². The molecular weight excluding hydrogens is 278 g/mol. The Bertz CT molecular complexity index is 341. The predicted octanol–water partition coefficient (Wildman–Crippen LogP) is 3.86. The van der Waals surface area contributed by atoms with Crippen molar-refractivity contribution in [1.29, 1.82) is 0 Å². The van der Waals surface area contributed by atoms with Gasteiger partial charge in [-0.1, -0.05) is 48.3 Å². The first-order valence-electron chi connectivity index (χ1n) is 6.22. The third kappa shape index (κ3) is 5.19. The lowest BCUT2D eigenvalue weighted by atomic mass is 10.1. The number of hydrogen-bond donors (Lipinski definition) is 1. The first-order chi connectivity index (χ1) is 8.17. The van der Waals surface area contributed by atoms with Crippen LogP contribution in [0.25, 0.3) is 0 Å². The van der Waals surface area contributed by atoms with Gasteiger partial charge in [-0.25, -0.2) is 0 Å². The summed E-state index contributed by atoms with van der Waals surface area (Å²) in [6.07, 6.45) is 2.45. The van der Waals surface area contributed by atoms with Crippen molar-refractivity contribution in [2.45, 2.75) is 39.8 Å². The van der Waals surface area contributed by atoms with Gasteiger partial charge in [0.1, 0.15) is 0 Å². The van der Waals surface area contributed by atoms with Crippen LogP contribution in [0.2, 0.25) is 0 Å². The summed E-state index contributed by atoms with van der Waals surface area (Å²) in [7, 11) is 0. The molecule has 1 unspecified atom stereocenters. The minimum atomic E-state index is 0.577. The molecule has 0 amide bonds. The molecule has 0 aromatic heterocycles. The van der Waals surface area contributed by atoms with E-state index in [0.29, 0.717) is 19.1 Å². The molecule has 0 radical (unpaired) electrons. The molecule has 0 aliphatic rings. The minimum Gasteiger partial charge on any atom is -0.376 e. The maximum Gasteiger partial charge on any atom is 0.0727 e. The summed E-state index contributed by atoms with van der Waals surface area (Å²) in [6, 6.07) is 6.20. The molecule has 0 aliphatic carbocycles. The van der Waals surface area contributed by atoms with Crippen LogP contribution in [0.4, 0.5) is 0 Å². The van der Waals surface area contributed by atoms with E-state index in [-0.39, 0.29) is 0 Å². The minimum absolute atomic E-state index is 0.577. The van der Waals surface area contributed by atoms with Gasteiger partial charge in [-0.3, -0.25) is 0 Å². The highest BCUT2D eigenvalue weighted by Crippen LogP contribution is 2.19. The fraction of sp³-hybridized carbons (Fsp3) is 0.571. The van der Waals surface area contributed by atoms with E-state index in [0.717, 1.165) is 16.6 Å². The number of halogens is 1. The summed E-state index contributed by atoms with van der Waals surface area (Å²) >= 11 is 3.55. The summed E-state index contributed by atoms with van der Waals surface area (Å²) in [6.45, 7) is 6.51. The molecule has 0 bridgehead atoms. The third-order valence-electron chi connectivity index (χ3n) is 2.79. The smallest absolute Gasteiger partial charge is 0.0727 e.